The summed E-state index contributed by atoms with van der Waals surface area (Å²) < 4.78 is 4.03. The molecule has 0 aliphatic carbocycles. The lowest BCUT2D eigenvalue weighted by Gasteiger charge is -2.07. The Morgan fingerprint density at radius 1 is 1.15 bits per heavy atom. The van der Waals surface area contributed by atoms with E-state index in [-0.39, 0.29) is 11.8 Å². The molecular weight excluding hydrogens is 299 g/mol. The average molecular weight is 318 g/mol. The van der Waals surface area contributed by atoms with Gasteiger partial charge in [0.05, 0.1) is 11.8 Å². The first-order valence-corrected chi connectivity index (χ1v) is 7.61. The zero-order valence-corrected chi connectivity index (χ0v) is 12.8. The summed E-state index contributed by atoms with van der Waals surface area (Å²) >= 11 is 11.4. The van der Waals surface area contributed by atoms with Gasteiger partial charge in [-0.1, -0.05) is 12.1 Å². The number of imidazole rings is 1. The number of aliphatic hydroxyl groups is 2. The molecule has 1 aromatic heterocycles. The minimum Gasteiger partial charge on any atom is -0.388 e. The van der Waals surface area contributed by atoms with Gasteiger partial charge < -0.3 is 10.2 Å². The van der Waals surface area contributed by atoms with Crippen LogP contribution < -0.4 is 4.57 Å². The molecule has 0 saturated carbocycles. The van der Waals surface area contributed by atoms with Gasteiger partial charge in [-0.3, -0.25) is 0 Å². The highest BCUT2D eigenvalue weighted by molar-refractivity contribution is 6.18. The maximum absolute atomic E-state index is 9.80. The van der Waals surface area contributed by atoms with E-state index in [1.807, 2.05) is 40.3 Å². The summed E-state index contributed by atoms with van der Waals surface area (Å²) in [6.45, 7) is 2.82. The molecule has 6 heteroatoms. The molecule has 0 radical (unpaired) electrons. The molecule has 2 N–H and O–H groups in total. The first-order chi connectivity index (χ1) is 9.58. The molecule has 1 heterocycles. The van der Waals surface area contributed by atoms with Crippen LogP contribution in [0.2, 0.25) is 0 Å². The summed E-state index contributed by atoms with van der Waals surface area (Å²) in [6, 6.07) is 7.89. The van der Waals surface area contributed by atoms with Crippen LogP contribution in [0.5, 0.6) is 0 Å². The van der Waals surface area contributed by atoms with Crippen molar-refractivity contribution in [2.75, 3.05) is 11.8 Å². The number of benzene rings is 1. The third-order valence-corrected chi connectivity index (χ3v) is 4.10. The number of fused-ring (bicyclic) bond motifs is 1. The number of hydrogen-bond acceptors (Lipinski definition) is 2. The highest BCUT2D eigenvalue weighted by atomic mass is 35.5. The van der Waals surface area contributed by atoms with Crippen LogP contribution in [0.3, 0.4) is 0 Å². The van der Waals surface area contributed by atoms with Crippen LogP contribution in [-0.2, 0) is 13.1 Å². The molecule has 0 amide bonds. The van der Waals surface area contributed by atoms with Crippen LogP contribution >= 0.6 is 23.2 Å². The van der Waals surface area contributed by atoms with Crippen molar-refractivity contribution in [2.24, 2.45) is 0 Å². The number of aromatic nitrogens is 2. The average Bonchev–Trinajstić information content (AvgIpc) is 2.72. The quantitative estimate of drug-likeness (QED) is 0.625. The van der Waals surface area contributed by atoms with E-state index in [0.717, 1.165) is 16.9 Å². The van der Waals surface area contributed by atoms with E-state index in [1.54, 1.807) is 0 Å². The first kappa shape index (κ1) is 15.6. The van der Waals surface area contributed by atoms with Gasteiger partial charge in [0, 0.05) is 6.92 Å². The Kier molecular flexibility index (Phi) is 5.27. The summed E-state index contributed by atoms with van der Waals surface area (Å²) in [4.78, 5) is 0. The molecule has 1 aromatic carbocycles. The molecule has 0 unspecified atom stereocenters. The van der Waals surface area contributed by atoms with Gasteiger partial charge in [-0.2, -0.15) is 0 Å². The van der Waals surface area contributed by atoms with Gasteiger partial charge in [-0.25, -0.2) is 9.13 Å². The zero-order chi connectivity index (χ0) is 14.7. The van der Waals surface area contributed by atoms with Gasteiger partial charge in [-0.15, -0.1) is 23.2 Å². The topological polar surface area (TPSA) is 49.3 Å². The van der Waals surface area contributed by atoms with E-state index in [2.05, 4.69) is 0 Å². The van der Waals surface area contributed by atoms with Gasteiger partial charge in [0.25, 0.3) is 5.82 Å². The number of nitrogens with zero attached hydrogens (tertiary/aromatic N) is 2. The summed E-state index contributed by atoms with van der Waals surface area (Å²) in [7, 11) is 0. The molecule has 110 valence electrons. The number of hydrogen-bond donors (Lipinski definition) is 2. The highest BCUT2D eigenvalue weighted by Gasteiger charge is 2.24. The fourth-order valence-electron chi connectivity index (χ4n) is 2.40. The Morgan fingerprint density at radius 3 is 2.45 bits per heavy atom. The largest absolute Gasteiger partial charge is 0.388 e. The zero-order valence-electron chi connectivity index (χ0n) is 11.3. The first-order valence-electron chi connectivity index (χ1n) is 6.54. The Morgan fingerprint density at radius 2 is 1.80 bits per heavy atom. The molecular formula is C14H19Cl2N2O2+. The SMILES string of the molecule is Cc1n(C[C@@H](O)CCl)c2ccccc2[n+]1C[C@H](O)CCl. The lowest BCUT2D eigenvalue weighted by Crippen LogP contribution is -2.43. The number of halogens is 2. The Hall–Kier alpha value is -0.810. The standard InChI is InChI=1S/C14H19Cl2N2O2/c1-10-17(8-11(19)6-15)13-4-2-3-5-14(13)18(10)9-12(20)7-16/h2-5,11-12,19-20H,6-9H2,1H3/q+1/t11-,12+. The van der Waals surface area contributed by atoms with Crippen LogP contribution in [0.4, 0.5) is 0 Å². The molecule has 0 fully saturated rings. The van der Waals surface area contributed by atoms with Crippen molar-refractivity contribution in [2.45, 2.75) is 32.2 Å². The Bertz CT molecular complexity index is 537. The molecule has 4 nitrogen and oxygen atoms in total. The van der Waals surface area contributed by atoms with Crippen molar-refractivity contribution in [3.8, 4) is 0 Å². The molecule has 0 bridgehead atoms. The second-order valence-electron chi connectivity index (χ2n) is 4.87. The lowest BCUT2D eigenvalue weighted by molar-refractivity contribution is -0.684. The van der Waals surface area contributed by atoms with E-state index in [4.69, 9.17) is 23.2 Å². The van der Waals surface area contributed by atoms with Crippen molar-refractivity contribution in [3.63, 3.8) is 0 Å². The van der Waals surface area contributed by atoms with Crippen molar-refractivity contribution in [1.29, 1.82) is 0 Å². The molecule has 2 rings (SSSR count). The minimum absolute atomic E-state index is 0.191. The molecule has 0 aliphatic heterocycles. The molecule has 0 spiro atoms. The highest BCUT2D eigenvalue weighted by Crippen LogP contribution is 2.15. The van der Waals surface area contributed by atoms with E-state index < -0.39 is 12.2 Å². The Balaban J connectivity index is 2.49. The van der Waals surface area contributed by atoms with Crippen molar-refractivity contribution in [3.05, 3.63) is 30.1 Å². The monoisotopic (exact) mass is 317 g/mol. The lowest BCUT2D eigenvalue weighted by atomic mass is 10.3. The van der Waals surface area contributed by atoms with E-state index in [1.165, 1.54) is 0 Å². The molecule has 20 heavy (non-hydrogen) atoms. The van der Waals surface area contributed by atoms with Crippen LogP contribution in [0.15, 0.2) is 24.3 Å². The molecule has 0 saturated heterocycles. The number of alkyl halides is 2. The van der Waals surface area contributed by atoms with E-state index >= 15 is 0 Å². The van der Waals surface area contributed by atoms with E-state index in [9.17, 15) is 10.2 Å². The van der Waals surface area contributed by atoms with Crippen LogP contribution in [0, 0.1) is 6.92 Å². The third-order valence-electron chi connectivity index (χ3n) is 3.39. The van der Waals surface area contributed by atoms with Crippen molar-refractivity contribution in [1.82, 2.24) is 4.57 Å². The van der Waals surface area contributed by atoms with Gasteiger partial charge in [0.1, 0.15) is 25.3 Å². The maximum Gasteiger partial charge on any atom is 0.254 e. The summed E-state index contributed by atoms with van der Waals surface area (Å²) in [5.41, 5.74) is 2.02. The fraction of sp³-hybridized carbons (Fsp3) is 0.500. The third kappa shape index (κ3) is 3.09. The van der Waals surface area contributed by atoms with Gasteiger partial charge in [-0.05, 0) is 12.1 Å². The number of rotatable bonds is 6. The van der Waals surface area contributed by atoms with Crippen LogP contribution in [-0.4, -0.2) is 38.7 Å². The summed E-state index contributed by atoms with van der Waals surface area (Å²) in [6.07, 6.45) is -1.20. The maximum atomic E-state index is 9.80. The predicted molar refractivity (Wildman–Crippen MR) is 80.3 cm³/mol. The normalized spacial score (nSPS) is 14.7. The number of para-hydroxylation sites is 2. The van der Waals surface area contributed by atoms with E-state index in [0.29, 0.717) is 13.1 Å². The van der Waals surface area contributed by atoms with Crippen molar-refractivity contribution >= 4 is 34.2 Å². The molecule has 2 aromatic rings. The van der Waals surface area contributed by atoms with Gasteiger partial charge in [0.15, 0.2) is 11.0 Å². The second-order valence-corrected chi connectivity index (χ2v) is 5.49. The van der Waals surface area contributed by atoms with Crippen molar-refractivity contribution < 1.29 is 14.8 Å². The molecule has 2 atom stereocenters. The summed E-state index contributed by atoms with van der Waals surface area (Å²) in [5.74, 6) is 1.34. The van der Waals surface area contributed by atoms with Crippen LogP contribution in [0.1, 0.15) is 5.82 Å². The minimum atomic E-state index is -0.599. The van der Waals surface area contributed by atoms with Crippen LogP contribution in [0.25, 0.3) is 11.0 Å². The molecule has 0 aliphatic rings. The fourth-order valence-corrected chi connectivity index (χ4v) is 2.59. The Labute approximate surface area is 128 Å². The smallest absolute Gasteiger partial charge is 0.254 e. The predicted octanol–water partition coefficient (Wildman–Crippen LogP) is 1.44. The number of aliphatic hydroxyl groups excluding tert-OH is 2. The summed E-state index contributed by atoms with van der Waals surface area (Å²) in [5, 5.41) is 19.6. The second kappa shape index (κ2) is 6.76. The van der Waals surface area contributed by atoms with Gasteiger partial charge in [0.2, 0.25) is 0 Å². The van der Waals surface area contributed by atoms with Gasteiger partial charge >= 0.3 is 0 Å².